The van der Waals surface area contributed by atoms with Crippen molar-refractivity contribution in [2.45, 2.75) is 0 Å². The van der Waals surface area contributed by atoms with Crippen molar-refractivity contribution in [2.24, 2.45) is 10.7 Å². The van der Waals surface area contributed by atoms with E-state index in [1.807, 2.05) is 12.1 Å². The SMILES string of the molecule is C=CCN=C(N)SCCOc1ccc(Cl)cc1. The van der Waals surface area contributed by atoms with E-state index in [-0.39, 0.29) is 0 Å². The fourth-order valence-electron chi connectivity index (χ4n) is 1.04. The summed E-state index contributed by atoms with van der Waals surface area (Å²) in [7, 11) is 0. The number of amidine groups is 1. The molecule has 5 heteroatoms. The standard InChI is InChI=1S/C12H15ClN2OS/c1-2-7-15-12(14)17-9-8-16-11-5-3-10(13)4-6-11/h2-6H,1,7-9H2,(H2,14,15). The molecule has 0 radical (unpaired) electrons. The second kappa shape index (κ2) is 8.03. The van der Waals surface area contributed by atoms with E-state index in [0.29, 0.717) is 23.3 Å². The Morgan fingerprint density at radius 3 is 2.82 bits per heavy atom. The van der Waals surface area contributed by atoms with Gasteiger partial charge in [-0.1, -0.05) is 29.4 Å². The van der Waals surface area contributed by atoms with E-state index < -0.39 is 0 Å². The maximum atomic E-state index is 5.76. The topological polar surface area (TPSA) is 47.6 Å². The zero-order valence-corrected chi connectivity index (χ0v) is 11.0. The molecule has 3 nitrogen and oxygen atoms in total. The number of benzene rings is 1. The fraction of sp³-hybridized carbons (Fsp3) is 0.250. The largest absolute Gasteiger partial charge is 0.493 e. The molecule has 0 heterocycles. The van der Waals surface area contributed by atoms with Crippen molar-refractivity contribution in [3.63, 3.8) is 0 Å². The second-order valence-electron chi connectivity index (χ2n) is 3.12. The molecule has 1 rings (SSSR count). The summed E-state index contributed by atoms with van der Waals surface area (Å²) >= 11 is 7.23. The molecule has 0 spiro atoms. The lowest BCUT2D eigenvalue weighted by molar-refractivity contribution is 0.344. The van der Waals surface area contributed by atoms with Gasteiger partial charge in [0.05, 0.1) is 13.2 Å². The molecule has 0 aromatic heterocycles. The van der Waals surface area contributed by atoms with Gasteiger partial charge in [-0.05, 0) is 24.3 Å². The van der Waals surface area contributed by atoms with Crippen molar-refractivity contribution in [1.82, 2.24) is 0 Å². The number of nitrogens with zero attached hydrogens (tertiary/aromatic N) is 1. The first-order chi connectivity index (χ1) is 8.22. The van der Waals surface area contributed by atoms with E-state index in [4.69, 9.17) is 22.1 Å². The van der Waals surface area contributed by atoms with Crippen LogP contribution in [0.3, 0.4) is 0 Å². The third kappa shape index (κ3) is 6.24. The summed E-state index contributed by atoms with van der Waals surface area (Å²) in [4.78, 5) is 4.07. The normalized spacial score (nSPS) is 11.2. The predicted molar refractivity (Wildman–Crippen MR) is 76.1 cm³/mol. The van der Waals surface area contributed by atoms with Gasteiger partial charge in [-0.25, -0.2) is 0 Å². The van der Waals surface area contributed by atoms with Gasteiger partial charge < -0.3 is 10.5 Å². The van der Waals surface area contributed by atoms with Gasteiger partial charge in [-0.2, -0.15) is 0 Å². The van der Waals surface area contributed by atoms with Crippen LogP contribution in [-0.4, -0.2) is 24.1 Å². The van der Waals surface area contributed by atoms with E-state index in [0.717, 1.165) is 11.5 Å². The van der Waals surface area contributed by atoms with Crippen molar-refractivity contribution < 1.29 is 4.74 Å². The monoisotopic (exact) mass is 270 g/mol. The van der Waals surface area contributed by atoms with Crippen LogP contribution in [-0.2, 0) is 0 Å². The quantitative estimate of drug-likeness (QED) is 0.374. The lowest BCUT2D eigenvalue weighted by Crippen LogP contribution is -2.10. The minimum atomic E-state index is 0.552. The molecule has 0 unspecified atom stereocenters. The van der Waals surface area contributed by atoms with E-state index in [2.05, 4.69) is 11.6 Å². The Balaban J connectivity index is 2.20. The van der Waals surface area contributed by atoms with Gasteiger partial charge in [0.25, 0.3) is 0 Å². The molecule has 0 bridgehead atoms. The van der Waals surface area contributed by atoms with Crippen LogP contribution in [0, 0.1) is 0 Å². The Labute approximate surface area is 111 Å². The van der Waals surface area contributed by atoms with Gasteiger partial charge in [0.15, 0.2) is 5.17 Å². The predicted octanol–water partition coefficient (Wildman–Crippen LogP) is 2.95. The Morgan fingerprint density at radius 2 is 2.18 bits per heavy atom. The number of rotatable bonds is 6. The second-order valence-corrected chi connectivity index (χ2v) is 4.67. The van der Waals surface area contributed by atoms with Gasteiger partial charge in [-0.15, -0.1) is 6.58 Å². The number of ether oxygens (including phenoxy) is 1. The van der Waals surface area contributed by atoms with Crippen LogP contribution in [0.5, 0.6) is 5.75 Å². The minimum absolute atomic E-state index is 0.552. The smallest absolute Gasteiger partial charge is 0.154 e. The summed E-state index contributed by atoms with van der Waals surface area (Å²) in [6, 6.07) is 7.26. The van der Waals surface area contributed by atoms with Gasteiger partial charge in [0.2, 0.25) is 0 Å². The minimum Gasteiger partial charge on any atom is -0.493 e. The van der Waals surface area contributed by atoms with Crippen molar-refractivity contribution in [1.29, 1.82) is 0 Å². The summed E-state index contributed by atoms with van der Waals surface area (Å²) in [5.41, 5.74) is 5.65. The number of nitrogens with two attached hydrogens (primary N) is 1. The molecule has 92 valence electrons. The molecule has 0 aliphatic rings. The summed E-state index contributed by atoms with van der Waals surface area (Å²) < 4.78 is 5.51. The Kier molecular flexibility index (Phi) is 6.58. The number of hydrogen-bond acceptors (Lipinski definition) is 3. The number of aliphatic imine (C=N–C) groups is 1. The lowest BCUT2D eigenvalue weighted by atomic mass is 10.3. The van der Waals surface area contributed by atoms with E-state index in [1.165, 1.54) is 11.8 Å². The first-order valence-corrected chi connectivity index (χ1v) is 6.50. The molecule has 0 amide bonds. The van der Waals surface area contributed by atoms with Crippen molar-refractivity contribution in [3.8, 4) is 5.75 Å². The third-order valence-corrected chi connectivity index (χ3v) is 2.84. The summed E-state index contributed by atoms with van der Waals surface area (Å²) in [6.45, 7) is 4.70. The van der Waals surface area contributed by atoms with Gasteiger partial charge in [0, 0.05) is 10.8 Å². The van der Waals surface area contributed by atoms with E-state index in [1.54, 1.807) is 18.2 Å². The van der Waals surface area contributed by atoms with Crippen LogP contribution >= 0.6 is 23.4 Å². The Morgan fingerprint density at radius 1 is 1.47 bits per heavy atom. The molecule has 1 aromatic carbocycles. The molecule has 0 atom stereocenters. The maximum absolute atomic E-state index is 5.76. The van der Waals surface area contributed by atoms with Gasteiger partial charge >= 0.3 is 0 Å². The van der Waals surface area contributed by atoms with Crippen LogP contribution in [0.15, 0.2) is 41.9 Å². The molecule has 0 aliphatic carbocycles. The van der Waals surface area contributed by atoms with Crippen LogP contribution in [0.4, 0.5) is 0 Å². The lowest BCUT2D eigenvalue weighted by Gasteiger charge is -2.05. The average molecular weight is 271 g/mol. The first-order valence-electron chi connectivity index (χ1n) is 5.14. The highest BCUT2D eigenvalue weighted by molar-refractivity contribution is 8.13. The highest BCUT2D eigenvalue weighted by atomic mass is 35.5. The Bertz CT molecular complexity index is 379. The highest BCUT2D eigenvalue weighted by Crippen LogP contribution is 2.15. The third-order valence-electron chi connectivity index (χ3n) is 1.79. The zero-order chi connectivity index (χ0) is 12.5. The van der Waals surface area contributed by atoms with Crippen molar-refractivity contribution in [2.75, 3.05) is 18.9 Å². The molecule has 1 aromatic rings. The van der Waals surface area contributed by atoms with Crippen LogP contribution in [0.25, 0.3) is 0 Å². The fourth-order valence-corrected chi connectivity index (χ4v) is 1.70. The molecule has 2 N–H and O–H groups in total. The molecule has 0 fully saturated rings. The number of halogens is 1. The molecular formula is C12H15ClN2OS. The maximum Gasteiger partial charge on any atom is 0.154 e. The van der Waals surface area contributed by atoms with Crippen molar-refractivity contribution in [3.05, 3.63) is 41.9 Å². The summed E-state index contributed by atoms with van der Waals surface area (Å²) in [6.07, 6.45) is 1.71. The van der Waals surface area contributed by atoms with Crippen molar-refractivity contribution >= 4 is 28.5 Å². The van der Waals surface area contributed by atoms with Gasteiger partial charge in [-0.3, -0.25) is 4.99 Å². The van der Waals surface area contributed by atoms with E-state index >= 15 is 0 Å². The summed E-state index contributed by atoms with van der Waals surface area (Å²) in [5.74, 6) is 1.56. The van der Waals surface area contributed by atoms with Crippen LogP contribution < -0.4 is 10.5 Å². The molecule has 0 aliphatic heterocycles. The van der Waals surface area contributed by atoms with E-state index in [9.17, 15) is 0 Å². The molecule has 0 saturated heterocycles. The highest BCUT2D eigenvalue weighted by Gasteiger charge is 1.96. The number of thioether (sulfide) groups is 1. The first kappa shape index (κ1) is 13.9. The number of hydrogen-bond donors (Lipinski definition) is 1. The van der Waals surface area contributed by atoms with Crippen LogP contribution in [0.2, 0.25) is 5.02 Å². The molecular weight excluding hydrogens is 256 g/mol. The molecule has 17 heavy (non-hydrogen) atoms. The summed E-state index contributed by atoms with van der Waals surface area (Å²) in [5, 5.41) is 1.26. The average Bonchev–Trinajstić information content (AvgIpc) is 2.34. The zero-order valence-electron chi connectivity index (χ0n) is 9.43. The molecule has 0 saturated carbocycles. The Hall–Kier alpha value is -1.13. The van der Waals surface area contributed by atoms with Gasteiger partial charge in [0.1, 0.15) is 5.75 Å². The van der Waals surface area contributed by atoms with Crippen LogP contribution in [0.1, 0.15) is 0 Å².